The first kappa shape index (κ1) is 21.5. The molecule has 0 fully saturated rings. The molecule has 0 radical (unpaired) electrons. The predicted molar refractivity (Wildman–Crippen MR) is 132 cm³/mol. The number of allylic oxidation sites excluding steroid dienone is 1. The molecule has 4 aromatic rings. The number of thiophene rings is 1. The van der Waals surface area contributed by atoms with E-state index < -0.39 is 6.04 Å². The van der Waals surface area contributed by atoms with E-state index in [1.807, 2.05) is 53.6 Å². The Kier molecular flexibility index (Phi) is 6.02. The number of aromatic nitrogens is 2. The lowest BCUT2D eigenvalue weighted by atomic mass is 9.94. The van der Waals surface area contributed by atoms with E-state index in [1.165, 1.54) is 17.7 Å². The number of hydrogen-bond acceptors (Lipinski definition) is 5. The van der Waals surface area contributed by atoms with Gasteiger partial charge in [0.15, 0.2) is 5.11 Å². The van der Waals surface area contributed by atoms with Crippen molar-refractivity contribution in [2.75, 3.05) is 6.54 Å². The topological polar surface area (TPSA) is 54.2 Å². The molecular formula is C25H21FN4OS2. The first-order chi connectivity index (χ1) is 16.1. The molecule has 1 aliphatic rings. The van der Waals surface area contributed by atoms with Crippen molar-refractivity contribution in [3.05, 3.63) is 101 Å². The molecule has 3 heterocycles. The Hall–Kier alpha value is -3.36. The molecule has 0 spiro atoms. The van der Waals surface area contributed by atoms with Gasteiger partial charge in [-0.25, -0.2) is 4.39 Å². The van der Waals surface area contributed by atoms with E-state index in [0.717, 1.165) is 28.1 Å². The number of hydrogen-bond donors (Lipinski definition) is 1. The molecule has 1 unspecified atom stereocenters. The maximum absolute atomic E-state index is 14.1. The highest BCUT2D eigenvalue weighted by atomic mass is 32.1. The molecular weight excluding hydrogens is 455 g/mol. The smallest absolute Gasteiger partial charge is 0.258 e. The number of benzene rings is 2. The van der Waals surface area contributed by atoms with Crippen LogP contribution in [0.5, 0.6) is 0 Å². The quantitative estimate of drug-likeness (QED) is 0.353. The van der Waals surface area contributed by atoms with Gasteiger partial charge in [-0.1, -0.05) is 53.7 Å². The van der Waals surface area contributed by atoms with Crippen LogP contribution >= 0.6 is 23.6 Å². The molecule has 166 valence electrons. The maximum atomic E-state index is 14.1. The second-order valence-electron chi connectivity index (χ2n) is 7.72. The monoisotopic (exact) mass is 476 g/mol. The molecule has 0 bridgehead atoms. The minimum Gasteiger partial charge on any atom is -0.351 e. The first-order valence-corrected chi connectivity index (χ1v) is 11.8. The van der Waals surface area contributed by atoms with Gasteiger partial charge in [0, 0.05) is 12.2 Å². The Bertz CT molecular complexity index is 1300. The summed E-state index contributed by atoms with van der Waals surface area (Å²) >= 11 is 7.27. The number of nitrogens with one attached hydrogen (secondary N) is 1. The van der Waals surface area contributed by atoms with E-state index >= 15 is 0 Å². The molecule has 2 aromatic heterocycles. The Balaban J connectivity index is 1.55. The average molecular weight is 477 g/mol. The van der Waals surface area contributed by atoms with Gasteiger partial charge in [-0.05, 0) is 60.3 Å². The first-order valence-electron chi connectivity index (χ1n) is 10.6. The van der Waals surface area contributed by atoms with Crippen LogP contribution in [0.25, 0.3) is 16.3 Å². The van der Waals surface area contributed by atoms with E-state index in [2.05, 4.69) is 27.6 Å². The second-order valence-corrected chi connectivity index (χ2v) is 9.06. The van der Waals surface area contributed by atoms with Gasteiger partial charge in [0.25, 0.3) is 5.89 Å². The molecule has 1 atom stereocenters. The van der Waals surface area contributed by atoms with E-state index in [1.54, 1.807) is 17.4 Å². The lowest BCUT2D eigenvalue weighted by Crippen LogP contribution is -2.46. The molecule has 2 aromatic carbocycles. The van der Waals surface area contributed by atoms with E-state index in [-0.39, 0.29) is 5.82 Å². The molecule has 8 heteroatoms. The summed E-state index contributed by atoms with van der Waals surface area (Å²) in [6.07, 6.45) is 0.822. The molecule has 0 saturated carbocycles. The molecule has 5 rings (SSSR count). The van der Waals surface area contributed by atoms with Crippen LogP contribution in [0.4, 0.5) is 4.39 Å². The molecule has 0 aliphatic carbocycles. The van der Waals surface area contributed by atoms with Gasteiger partial charge in [-0.15, -0.1) is 11.3 Å². The SMILES string of the molecule is CC1=C(c2nc(-c3cccs3)no2)C(c2cccc(F)c2)NC(=S)N1CCc1ccccc1. The van der Waals surface area contributed by atoms with Crippen LogP contribution in [0.3, 0.4) is 0 Å². The van der Waals surface area contributed by atoms with E-state index in [0.29, 0.717) is 23.4 Å². The molecule has 1 aliphatic heterocycles. The Labute approximate surface area is 200 Å². The van der Waals surface area contributed by atoms with Crippen molar-refractivity contribution in [1.82, 2.24) is 20.4 Å². The summed E-state index contributed by atoms with van der Waals surface area (Å²) in [7, 11) is 0. The highest BCUT2D eigenvalue weighted by molar-refractivity contribution is 7.80. The van der Waals surface area contributed by atoms with Crippen LogP contribution in [0.1, 0.15) is 30.0 Å². The third-order valence-corrected chi connectivity index (χ3v) is 6.85. The number of rotatable bonds is 6. The van der Waals surface area contributed by atoms with Crippen LogP contribution in [0, 0.1) is 5.82 Å². The summed E-state index contributed by atoms with van der Waals surface area (Å²) in [5, 5.41) is 10.1. The van der Waals surface area contributed by atoms with Crippen LogP contribution in [0.2, 0.25) is 0 Å². The van der Waals surface area contributed by atoms with Gasteiger partial charge in [0.1, 0.15) is 5.82 Å². The minimum absolute atomic E-state index is 0.312. The standard InChI is InChI=1S/C25H21FN4OS2/c1-16-21(24-28-23(29-31-24)20-11-6-14-33-20)22(18-9-5-10-19(26)15-18)27-25(32)30(16)13-12-17-7-3-2-4-8-17/h2-11,14-15,22H,12-13H2,1H3,(H,27,32). The lowest BCUT2D eigenvalue weighted by molar-refractivity contribution is 0.397. The van der Waals surface area contributed by atoms with Crippen LogP contribution in [-0.4, -0.2) is 26.7 Å². The van der Waals surface area contributed by atoms with Crippen molar-refractivity contribution < 1.29 is 8.91 Å². The zero-order valence-electron chi connectivity index (χ0n) is 17.9. The van der Waals surface area contributed by atoms with Crippen molar-refractivity contribution in [2.24, 2.45) is 0 Å². The zero-order valence-corrected chi connectivity index (χ0v) is 19.5. The highest BCUT2D eigenvalue weighted by Gasteiger charge is 2.34. The average Bonchev–Trinajstić information content (AvgIpc) is 3.51. The Morgan fingerprint density at radius 3 is 2.73 bits per heavy atom. The molecule has 0 amide bonds. The summed E-state index contributed by atoms with van der Waals surface area (Å²) in [5.74, 6) is 0.612. The van der Waals surface area contributed by atoms with Crippen molar-refractivity contribution in [2.45, 2.75) is 19.4 Å². The Morgan fingerprint density at radius 1 is 1.12 bits per heavy atom. The molecule has 33 heavy (non-hydrogen) atoms. The van der Waals surface area contributed by atoms with Crippen molar-refractivity contribution in [3.8, 4) is 10.7 Å². The van der Waals surface area contributed by atoms with Gasteiger partial charge < -0.3 is 14.7 Å². The fourth-order valence-corrected chi connectivity index (χ4v) is 4.98. The van der Waals surface area contributed by atoms with Gasteiger partial charge >= 0.3 is 0 Å². The van der Waals surface area contributed by atoms with E-state index in [4.69, 9.17) is 16.7 Å². The highest BCUT2D eigenvalue weighted by Crippen LogP contribution is 2.38. The maximum Gasteiger partial charge on any atom is 0.258 e. The van der Waals surface area contributed by atoms with E-state index in [9.17, 15) is 4.39 Å². The second kappa shape index (κ2) is 9.25. The number of thiocarbonyl (C=S) groups is 1. The van der Waals surface area contributed by atoms with Crippen LogP contribution < -0.4 is 5.32 Å². The summed E-state index contributed by atoms with van der Waals surface area (Å²) < 4.78 is 19.8. The minimum atomic E-state index is -0.405. The summed E-state index contributed by atoms with van der Waals surface area (Å²) in [4.78, 5) is 7.64. The van der Waals surface area contributed by atoms with Gasteiger partial charge in [0.2, 0.25) is 5.82 Å². The van der Waals surface area contributed by atoms with Gasteiger partial charge in [0.05, 0.1) is 16.5 Å². The van der Waals surface area contributed by atoms with Crippen LogP contribution in [0.15, 0.2) is 82.3 Å². The fraction of sp³-hybridized carbons (Fsp3) is 0.160. The third-order valence-electron chi connectivity index (χ3n) is 5.64. The van der Waals surface area contributed by atoms with Gasteiger partial charge in [-0.3, -0.25) is 0 Å². The largest absolute Gasteiger partial charge is 0.351 e. The van der Waals surface area contributed by atoms with Crippen LogP contribution in [-0.2, 0) is 6.42 Å². The molecule has 0 saturated heterocycles. The molecule has 1 N–H and O–H groups in total. The number of halogens is 1. The Morgan fingerprint density at radius 2 is 1.97 bits per heavy atom. The van der Waals surface area contributed by atoms with Crippen molar-refractivity contribution in [3.63, 3.8) is 0 Å². The van der Waals surface area contributed by atoms with Crippen molar-refractivity contribution in [1.29, 1.82) is 0 Å². The summed E-state index contributed by atoms with van der Waals surface area (Å²) in [6.45, 7) is 2.68. The lowest BCUT2D eigenvalue weighted by Gasteiger charge is -2.37. The predicted octanol–water partition coefficient (Wildman–Crippen LogP) is 5.84. The fourth-order valence-electron chi connectivity index (χ4n) is 3.99. The van der Waals surface area contributed by atoms with Gasteiger partial charge in [-0.2, -0.15) is 4.98 Å². The third kappa shape index (κ3) is 4.44. The summed E-state index contributed by atoms with van der Waals surface area (Å²) in [6, 6.07) is 20.2. The normalized spacial score (nSPS) is 16.2. The summed E-state index contributed by atoms with van der Waals surface area (Å²) in [5.41, 5.74) is 3.66. The number of nitrogens with zero attached hydrogens (tertiary/aromatic N) is 3. The zero-order chi connectivity index (χ0) is 22.8. The van der Waals surface area contributed by atoms with Crippen molar-refractivity contribution >= 4 is 34.2 Å². The molecule has 5 nitrogen and oxygen atoms in total.